The topological polar surface area (TPSA) is 87.7 Å². The lowest BCUT2D eigenvalue weighted by atomic mass is 10.1. The standard InChI is InChI=1S/C27H33N3O4/c1-2-13-29-27(31)34-20-7-5-19(6-8-20)26-25(28)23-10-9-22(33-21-11-14-32-15-12-21)16-24(23)30(26)17-18-3-4-18/h5-10,16,18,21H,2-4,11-15,17,28H2,1H3,(H,29,31). The lowest BCUT2D eigenvalue weighted by molar-refractivity contribution is 0.0256. The number of nitrogens with two attached hydrogens (primary N) is 1. The number of hydrogen-bond acceptors (Lipinski definition) is 5. The van der Waals surface area contributed by atoms with Crippen molar-refractivity contribution >= 4 is 22.7 Å². The fourth-order valence-electron chi connectivity index (χ4n) is 4.53. The van der Waals surface area contributed by atoms with Crippen molar-refractivity contribution in [1.29, 1.82) is 0 Å². The number of anilines is 1. The van der Waals surface area contributed by atoms with Crippen molar-refractivity contribution in [3.05, 3.63) is 42.5 Å². The summed E-state index contributed by atoms with van der Waals surface area (Å²) in [5.74, 6) is 2.06. The molecule has 34 heavy (non-hydrogen) atoms. The van der Waals surface area contributed by atoms with Gasteiger partial charge in [-0.1, -0.05) is 6.92 Å². The number of benzene rings is 2. The Bertz CT molecular complexity index is 1140. The predicted octanol–water partition coefficient (Wildman–Crippen LogP) is 5.36. The third-order valence-electron chi connectivity index (χ3n) is 6.54. The molecule has 2 heterocycles. The smallest absolute Gasteiger partial charge is 0.412 e. The van der Waals surface area contributed by atoms with E-state index in [0.717, 1.165) is 72.6 Å². The fraction of sp³-hybridized carbons (Fsp3) is 0.444. The van der Waals surface area contributed by atoms with Crippen LogP contribution in [-0.2, 0) is 11.3 Å². The monoisotopic (exact) mass is 463 g/mol. The molecule has 2 aliphatic rings. The van der Waals surface area contributed by atoms with Crippen molar-refractivity contribution in [3.63, 3.8) is 0 Å². The van der Waals surface area contributed by atoms with Gasteiger partial charge in [-0.05, 0) is 61.6 Å². The van der Waals surface area contributed by atoms with Crippen LogP contribution >= 0.6 is 0 Å². The zero-order chi connectivity index (χ0) is 23.5. The molecule has 5 rings (SSSR count). The molecule has 0 radical (unpaired) electrons. The van der Waals surface area contributed by atoms with E-state index in [1.54, 1.807) is 0 Å². The van der Waals surface area contributed by atoms with E-state index in [4.69, 9.17) is 19.9 Å². The molecule has 1 aliphatic heterocycles. The highest BCUT2D eigenvalue weighted by Gasteiger charge is 2.26. The summed E-state index contributed by atoms with van der Waals surface area (Å²) in [5.41, 5.74) is 10.6. The number of carbonyl (C=O) groups is 1. The van der Waals surface area contributed by atoms with Crippen LogP contribution in [0.15, 0.2) is 42.5 Å². The van der Waals surface area contributed by atoms with Gasteiger partial charge in [-0.3, -0.25) is 0 Å². The van der Waals surface area contributed by atoms with Gasteiger partial charge in [0.05, 0.1) is 30.1 Å². The first-order valence-corrected chi connectivity index (χ1v) is 12.3. The van der Waals surface area contributed by atoms with E-state index >= 15 is 0 Å². The summed E-state index contributed by atoms with van der Waals surface area (Å²) in [6.45, 7) is 5.03. The van der Waals surface area contributed by atoms with Crippen LogP contribution in [0.25, 0.3) is 22.2 Å². The molecule has 1 amide bonds. The van der Waals surface area contributed by atoms with Crippen LogP contribution < -0.4 is 20.5 Å². The first-order chi connectivity index (χ1) is 16.6. The Morgan fingerprint density at radius 3 is 2.53 bits per heavy atom. The zero-order valence-corrected chi connectivity index (χ0v) is 19.7. The largest absolute Gasteiger partial charge is 0.490 e. The molecule has 1 saturated carbocycles. The molecule has 0 unspecified atom stereocenters. The number of rotatable bonds is 8. The van der Waals surface area contributed by atoms with E-state index in [-0.39, 0.29) is 6.10 Å². The molecule has 3 N–H and O–H groups in total. The van der Waals surface area contributed by atoms with E-state index in [1.807, 2.05) is 37.3 Å². The van der Waals surface area contributed by atoms with E-state index in [0.29, 0.717) is 18.2 Å². The summed E-state index contributed by atoms with van der Waals surface area (Å²) in [4.78, 5) is 11.9. The normalized spacial score (nSPS) is 16.5. The number of hydrogen-bond donors (Lipinski definition) is 2. The summed E-state index contributed by atoms with van der Waals surface area (Å²) in [5, 5.41) is 3.76. The van der Waals surface area contributed by atoms with Gasteiger partial charge in [0.15, 0.2) is 0 Å². The molecule has 2 fully saturated rings. The van der Waals surface area contributed by atoms with Gasteiger partial charge < -0.3 is 29.8 Å². The lowest BCUT2D eigenvalue weighted by Crippen LogP contribution is -2.27. The van der Waals surface area contributed by atoms with Crippen molar-refractivity contribution in [2.75, 3.05) is 25.5 Å². The van der Waals surface area contributed by atoms with Gasteiger partial charge in [-0.15, -0.1) is 0 Å². The van der Waals surface area contributed by atoms with Crippen molar-refractivity contribution < 1.29 is 19.0 Å². The minimum atomic E-state index is -0.436. The molecule has 7 nitrogen and oxygen atoms in total. The summed E-state index contributed by atoms with van der Waals surface area (Å²) in [6.07, 6.45) is 4.94. The Hall–Kier alpha value is -3.19. The second kappa shape index (κ2) is 9.97. The van der Waals surface area contributed by atoms with Crippen LogP contribution in [0.2, 0.25) is 0 Å². The van der Waals surface area contributed by atoms with E-state index in [2.05, 4.69) is 22.0 Å². The number of nitrogens with zero attached hydrogens (tertiary/aromatic N) is 1. The van der Waals surface area contributed by atoms with Crippen molar-refractivity contribution in [3.8, 4) is 22.8 Å². The van der Waals surface area contributed by atoms with Crippen LogP contribution in [0, 0.1) is 5.92 Å². The number of carbonyl (C=O) groups excluding carboxylic acids is 1. The van der Waals surface area contributed by atoms with Crippen LogP contribution in [0.5, 0.6) is 11.5 Å². The molecule has 1 saturated heterocycles. The van der Waals surface area contributed by atoms with Gasteiger partial charge in [0.2, 0.25) is 0 Å². The molecule has 0 spiro atoms. The molecule has 2 aromatic carbocycles. The van der Waals surface area contributed by atoms with Gasteiger partial charge >= 0.3 is 6.09 Å². The predicted molar refractivity (Wildman–Crippen MR) is 133 cm³/mol. The quantitative estimate of drug-likeness (QED) is 0.470. The third kappa shape index (κ3) is 4.99. The maximum atomic E-state index is 11.9. The summed E-state index contributed by atoms with van der Waals surface area (Å²) in [7, 11) is 0. The highest BCUT2D eigenvalue weighted by Crippen LogP contribution is 2.41. The second-order valence-electron chi connectivity index (χ2n) is 9.27. The SMILES string of the molecule is CCCNC(=O)Oc1ccc(-c2c(N)c3ccc(OC4CCOCC4)cc3n2CC2CC2)cc1. The fourth-order valence-corrected chi connectivity index (χ4v) is 4.53. The number of aromatic nitrogens is 1. The average molecular weight is 464 g/mol. The van der Waals surface area contributed by atoms with Gasteiger partial charge in [0, 0.05) is 42.9 Å². The van der Waals surface area contributed by atoms with E-state index in [1.165, 1.54) is 12.8 Å². The molecular formula is C27H33N3O4. The summed E-state index contributed by atoms with van der Waals surface area (Å²) in [6, 6.07) is 13.8. The molecule has 7 heteroatoms. The average Bonchev–Trinajstić information content (AvgIpc) is 3.63. The van der Waals surface area contributed by atoms with Gasteiger partial charge in [0.25, 0.3) is 0 Å². The maximum Gasteiger partial charge on any atom is 0.412 e. The molecule has 180 valence electrons. The minimum Gasteiger partial charge on any atom is -0.490 e. The Morgan fingerprint density at radius 1 is 1.09 bits per heavy atom. The lowest BCUT2D eigenvalue weighted by Gasteiger charge is -2.23. The summed E-state index contributed by atoms with van der Waals surface area (Å²) < 4.78 is 19.5. The van der Waals surface area contributed by atoms with Crippen LogP contribution in [-0.4, -0.2) is 36.5 Å². The maximum absolute atomic E-state index is 11.9. The molecule has 1 aliphatic carbocycles. The van der Waals surface area contributed by atoms with Crippen LogP contribution in [0.1, 0.15) is 39.0 Å². The van der Waals surface area contributed by atoms with Gasteiger partial charge in [-0.25, -0.2) is 4.79 Å². The molecule has 0 bridgehead atoms. The van der Waals surface area contributed by atoms with Crippen LogP contribution in [0.3, 0.4) is 0 Å². The van der Waals surface area contributed by atoms with Gasteiger partial charge in [0.1, 0.15) is 17.6 Å². The summed E-state index contributed by atoms with van der Waals surface area (Å²) >= 11 is 0. The second-order valence-corrected chi connectivity index (χ2v) is 9.27. The first kappa shape index (κ1) is 22.6. The van der Waals surface area contributed by atoms with E-state index in [9.17, 15) is 4.79 Å². The number of amides is 1. The van der Waals surface area contributed by atoms with Crippen molar-refractivity contribution in [1.82, 2.24) is 9.88 Å². The Balaban J connectivity index is 1.45. The highest BCUT2D eigenvalue weighted by molar-refractivity contribution is 6.01. The Labute approximate surface area is 200 Å². The number of nitrogens with one attached hydrogen (secondary N) is 1. The Morgan fingerprint density at radius 2 is 1.82 bits per heavy atom. The molecular weight excluding hydrogens is 430 g/mol. The minimum absolute atomic E-state index is 0.192. The van der Waals surface area contributed by atoms with Crippen molar-refractivity contribution in [2.24, 2.45) is 5.92 Å². The van der Waals surface area contributed by atoms with Gasteiger partial charge in [-0.2, -0.15) is 0 Å². The number of ether oxygens (including phenoxy) is 3. The van der Waals surface area contributed by atoms with Crippen LogP contribution in [0.4, 0.5) is 10.5 Å². The Kier molecular flexibility index (Phi) is 6.63. The zero-order valence-electron chi connectivity index (χ0n) is 19.7. The number of fused-ring (bicyclic) bond motifs is 1. The third-order valence-corrected chi connectivity index (χ3v) is 6.54. The number of nitrogen functional groups attached to an aromatic ring is 1. The highest BCUT2D eigenvalue weighted by atomic mass is 16.6. The molecule has 1 aromatic heterocycles. The van der Waals surface area contributed by atoms with E-state index < -0.39 is 6.09 Å². The molecule has 0 atom stereocenters. The first-order valence-electron chi connectivity index (χ1n) is 12.3. The molecule has 3 aromatic rings. The van der Waals surface area contributed by atoms with Crippen molar-refractivity contribution in [2.45, 2.75) is 51.7 Å².